The molecule has 2 heteroatoms. The number of rotatable bonds is 8. The summed E-state index contributed by atoms with van der Waals surface area (Å²) >= 11 is 0. The number of nitrogens with zero attached hydrogens (tertiary/aromatic N) is 1. The first-order chi connectivity index (χ1) is 6.63. The van der Waals surface area contributed by atoms with Gasteiger partial charge in [-0.2, -0.15) is 0 Å². The van der Waals surface area contributed by atoms with E-state index in [2.05, 4.69) is 32.6 Å². The lowest BCUT2D eigenvalue weighted by Gasteiger charge is -2.32. The second-order valence-electron chi connectivity index (χ2n) is 4.47. The smallest absolute Gasteiger partial charge is 0.00816 e. The average Bonchev–Trinajstić information content (AvgIpc) is 2.12. The number of hydrogen-bond donors (Lipinski definition) is 1. The fourth-order valence-corrected chi connectivity index (χ4v) is 1.94. The molecule has 0 fully saturated rings. The molecule has 1 atom stereocenters. The van der Waals surface area contributed by atoms with Crippen molar-refractivity contribution < 1.29 is 0 Å². The Morgan fingerprint density at radius 2 is 1.79 bits per heavy atom. The predicted octanol–water partition coefficient (Wildman–Crippen LogP) is 2.62. The monoisotopic (exact) mass is 200 g/mol. The van der Waals surface area contributed by atoms with E-state index in [1.807, 2.05) is 0 Å². The molecule has 0 spiro atoms. The fourth-order valence-electron chi connectivity index (χ4n) is 1.94. The molecule has 0 saturated heterocycles. The molecule has 0 aliphatic heterocycles. The van der Waals surface area contributed by atoms with Gasteiger partial charge in [0.25, 0.3) is 0 Å². The van der Waals surface area contributed by atoms with Gasteiger partial charge in [-0.1, -0.05) is 19.8 Å². The average molecular weight is 200 g/mol. The van der Waals surface area contributed by atoms with Crippen molar-refractivity contribution in [3.8, 4) is 0 Å². The van der Waals surface area contributed by atoms with E-state index in [1.54, 1.807) is 0 Å². The van der Waals surface area contributed by atoms with Crippen LogP contribution in [0.3, 0.4) is 0 Å². The molecule has 0 heterocycles. The van der Waals surface area contributed by atoms with Gasteiger partial charge in [0.1, 0.15) is 0 Å². The van der Waals surface area contributed by atoms with E-state index >= 15 is 0 Å². The van der Waals surface area contributed by atoms with E-state index in [9.17, 15) is 0 Å². The lowest BCUT2D eigenvalue weighted by molar-refractivity contribution is 0.155. The maximum atomic E-state index is 5.60. The van der Waals surface area contributed by atoms with Crippen LogP contribution in [0.2, 0.25) is 0 Å². The summed E-state index contributed by atoms with van der Waals surface area (Å²) in [7, 11) is 0. The van der Waals surface area contributed by atoms with Crippen LogP contribution in [0.1, 0.15) is 53.4 Å². The van der Waals surface area contributed by atoms with Crippen LogP contribution in [-0.4, -0.2) is 30.1 Å². The van der Waals surface area contributed by atoms with Gasteiger partial charge in [-0.25, -0.2) is 0 Å². The molecule has 0 radical (unpaired) electrons. The second-order valence-corrected chi connectivity index (χ2v) is 4.47. The first-order valence-corrected chi connectivity index (χ1v) is 6.09. The number of unbranched alkanes of at least 4 members (excludes halogenated alkanes) is 2. The van der Waals surface area contributed by atoms with Gasteiger partial charge in [0.05, 0.1) is 0 Å². The van der Waals surface area contributed by atoms with Crippen molar-refractivity contribution in [3.63, 3.8) is 0 Å². The summed E-state index contributed by atoms with van der Waals surface area (Å²) in [4.78, 5) is 2.57. The maximum absolute atomic E-state index is 5.60. The Hall–Kier alpha value is -0.0800. The zero-order chi connectivity index (χ0) is 11.0. The summed E-state index contributed by atoms with van der Waals surface area (Å²) in [6.07, 6.45) is 5.09. The summed E-state index contributed by atoms with van der Waals surface area (Å²) in [6, 6.07) is 1.28. The highest BCUT2D eigenvalue weighted by Gasteiger charge is 2.15. The molecule has 14 heavy (non-hydrogen) atoms. The Morgan fingerprint density at radius 3 is 2.21 bits per heavy atom. The molecule has 0 aromatic carbocycles. The third-order valence-electron chi connectivity index (χ3n) is 2.83. The molecule has 1 unspecified atom stereocenters. The second kappa shape index (κ2) is 8.25. The molecule has 0 aliphatic rings. The van der Waals surface area contributed by atoms with Crippen LogP contribution in [0, 0.1) is 0 Å². The summed E-state index contributed by atoms with van der Waals surface area (Å²) in [5, 5.41) is 0. The van der Waals surface area contributed by atoms with Gasteiger partial charge in [-0.15, -0.1) is 0 Å². The van der Waals surface area contributed by atoms with Gasteiger partial charge in [0.15, 0.2) is 0 Å². The Kier molecular flexibility index (Phi) is 8.20. The Morgan fingerprint density at radius 1 is 1.14 bits per heavy atom. The Balaban J connectivity index is 3.88. The zero-order valence-electron chi connectivity index (χ0n) is 10.4. The van der Waals surface area contributed by atoms with Crippen LogP contribution < -0.4 is 5.73 Å². The summed E-state index contributed by atoms with van der Waals surface area (Å²) in [5.41, 5.74) is 5.60. The lowest BCUT2D eigenvalue weighted by atomic mass is 10.1. The molecule has 2 nitrogen and oxygen atoms in total. The van der Waals surface area contributed by atoms with Gasteiger partial charge in [0.2, 0.25) is 0 Å². The molecule has 0 aliphatic carbocycles. The highest BCUT2D eigenvalue weighted by Crippen LogP contribution is 2.10. The third kappa shape index (κ3) is 5.61. The summed E-state index contributed by atoms with van der Waals surface area (Å²) in [5.74, 6) is 0. The van der Waals surface area contributed by atoms with Crippen molar-refractivity contribution >= 4 is 0 Å². The highest BCUT2D eigenvalue weighted by molar-refractivity contribution is 4.71. The van der Waals surface area contributed by atoms with E-state index < -0.39 is 0 Å². The molecule has 0 saturated carbocycles. The minimum Gasteiger partial charge on any atom is -0.330 e. The normalized spacial score (nSPS) is 13.9. The molecular weight excluding hydrogens is 172 g/mol. The van der Waals surface area contributed by atoms with Gasteiger partial charge >= 0.3 is 0 Å². The third-order valence-corrected chi connectivity index (χ3v) is 2.83. The maximum Gasteiger partial charge on any atom is 0.00816 e. The quantitative estimate of drug-likeness (QED) is 0.610. The SMILES string of the molecule is CCCCCN(C(C)C)C(C)CCN. The lowest BCUT2D eigenvalue weighted by Crippen LogP contribution is -2.40. The van der Waals surface area contributed by atoms with Crippen molar-refractivity contribution in [2.24, 2.45) is 5.73 Å². The van der Waals surface area contributed by atoms with Crippen molar-refractivity contribution in [1.29, 1.82) is 0 Å². The van der Waals surface area contributed by atoms with Crippen LogP contribution in [0.15, 0.2) is 0 Å². The number of hydrogen-bond acceptors (Lipinski definition) is 2. The Labute approximate surface area is 89.9 Å². The molecule has 2 N–H and O–H groups in total. The first kappa shape index (κ1) is 13.9. The Bertz CT molecular complexity index is 123. The molecular formula is C12H28N2. The number of nitrogens with two attached hydrogens (primary N) is 1. The van der Waals surface area contributed by atoms with Gasteiger partial charge in [-0.3, -0.25) is 4.90 Å². The van der Waals surface area contributed by atoms with Crippen molar-refractivity contribution in [1.82, 2.24) is 4.90 Å². The van der Waals surface area contributed by atoms with E-state index in [-0.39, 0.29) is 0 Å². The summed E-state index contributed by atoms with van der Waals surface area (Å²) in [6.45, 7) is 11.1. The standard InChI is InChI=1S/C12H28N2/c1-5-6-7-10-14(11(2)3)12(4)8-9-13/h11-12H,5-10,13H2,1-4H3. The van der Waals surface area contributed by atoms with Crippen LogP contribution in [0.4, 0.5) is 0 Å². The van der Waals surface area contributed by atoms with Crippen LogP contribution in [-0.2, 0) is 0 Å². The molecule has 0 aromatic heterocycles. The van der Waals surface area contributed by atoms with Gasteiger partial charge in [0, 0.05) is 12.1 Å². The first-order valence-electron chi connectivity index (χ1n) is 6.09. The molecule has 0 rings (SSSR count). The van der Waals surface area contributed by atoms with Crippen molar-refractivity contribution in [2.75, 3.05) is 13.1 Å². The molecule has 0 bridgehead atoms. The van der Waals surface area contributed by atoms with Gasteiger partial charge < -0.3 is 5.73 Å². The van der Waals surface area contributed by atoms with Crippen LogP contribution in [0.5, 0.6) is 0 Å². The molecule has 0 aromatic rings. The van der Waals surface area contributed by atoms with Crippen LogP contribution >= 0.6 is 0 Å². The zero-order valence-corrected chi connectivity index (χ0v) is 10.4. The van der Waals surface area contributed by atoms with E-state index in [0.29, 0.717) is 12.1 Å². The highest BCUT2D eigenvalue weighted by atomic mass is 15.2. The molecule has 0 amide bonds. The minimum atomic E-state index is 0.636. The summed E-state index contributed by atoms with van der Waals surface area (Å²) < 4.78 is 0. The van der Waals surface area contributed by atoms with Crippen molar-refractivity contribution in [3.05, 3.63) is 0 Å². The molecule has 86 valence electrons. The topological polar surface area (TPSA) is 29.3 Å². The minimum absolute atomic E-state index is 0.636. The van der Waals surface area contributed by atoms with Crippen molar-refractivity contribution in [2.45, 2.75) is 65.5 Å². The predicted molar refractivity (Wildman–Crippen MR) is 64.5 cm³/mol. The van der Waals surface area contributed by atoms with E-state index in [1.165, 1.54) is 25.8 Å². The van der Waals surface area contributed by atoms with E-state index in [0.717, 1.165) is 13.0 Å². The van der Waals surface area contributed by atoms with E-state index in [4.69, 9.17) is 5.73 Å². The van der Waals surface area contributed by atoms with Crippen LogP contribution in [0.25, 0.3) is 0 Å². The fraction of sp³-hybridized carbons (Fsp3) is 1.00. The van der Waals surface area contributed by atoms with Gasteiger partial charge in [-0.05, 0) is 46.7 Å². The largest absolute Gasteiger partial charge is 0.330 e.